The van der Waals surface area contributed by atoms with Crippen LogP contribution >= 0.6 is 15.9 Å². The van der Waals surface area contributed by atoms with Gasteiger partial charge < -0.3 is 10.1 Å². The normalized spacial score (nSPS) is 20.9. The summed E-state index contributed by atoms with van der Waals surface area (Å²) in [4.78, 5) is 0. The van der Waals surface area contributed by atoms with E-state index in [0.29, 0.717) is 4.47 Å². The van der Waals surface area contributed by atoms with Crippen LogP contribution in [0.2, 0.25) is 0 Å². The van der Waals surface area contributed by atoms with Crippen LogP contribution in [-0.2, 0) is 11.2 Å². The Morgan fingerprint density at radius 2 is 2.30 bits per heavy atom. The number of hydrogen-bond donors (Lipinski definition) is 1. The maximum atomic E-state index is 13.6. The number of nitrogens with one attached hydrogen (secondary N) is 1. The molecule has 2 atom stereocenters. The van der Waals surface area contributed by atoms with Gasteiger partial charge >= 0.3 is 0 Å². The lowest BCUT2D eigenvalue weighted by atomic mass is 9.96. The molecular formula is C16H23BrFNO. The van der Waals surface area contributed by atoms with E-state index in [0.717, 1.165) is 44.4 Å². The molecule has 1 N–H and O–H groups in total. The maximum Gasteiger partial charge on any atom is 0.137 e. The molecule has 0 aliphatic carbocycles. The van der Waals surface area contributed by atoms with E-state index in [2.05, 4.69) is 28.2 Å². The summed E-state index contributed by atoms with van der Waals surface area (Å²) < 4.78 is 20.1. The third kappa shape index (κ3) is 4.27. The van der Waals surface area contributed by atoms with Crippen molar-refractivity contribution in [1.82, 2.24) is 5.32 Å². The van der Waals surface area contributed by atoms with Crippen molar-refractivity contribution in [3.63, 3.8) is 0 Å². The second-order valence-electron chi connectivity index (χ2n) is 5.38. The van der Waals surface area contributed by atoms with Crippen LogP contribution in [0.3, 0.4) is 0 Å². The molecule has 0 bridgehead atoms. The van der Waals surface area contributed by atoms with E-state index in [1.165, 1.54) is 12.5 Å². The highest BCUT2D eigenvalue weighted by Crippen LogP contribution is 2.24. The molecule has 0 radical (unpaired) electrons. The summed E-state index contributed by atoms with van der Waals surface area (Å²) in [5.74, 6) is -0.193. The van der Waals surface area contributed by atoms with Crippen LogP contribution in [0.15, 0.2) is 22.7 Å². The van der Waals surface area contributed by atoms with E-state index >= 15 is 0 Å². The second-order valence-corrected chi connectivity index (χ2v) is 6.18. The Balaban J connectivity index is 2.07. The monoisotopic (exact) mass is 343 g/mol. The van der Waals surface area contributed by atoms with Gasteiger partial charge in [0.15, 0.2) is 0 Å². The van der Waals surface area contributed by atoms with Crippen molar-refractivity contribution in [1.29, 1.82) is 0 Å². The summed E-state index contributed by atoms with van der Waals surface area (Å²) in [7, 11) is 0. The lowest BCUT2D eigenvalue weighted by Gasteiger charge is -2.31. The van der Waals surface area contributed by atoms with Gasteiger partial charge in [0.25, 0.3) is 0 Å². The second kappa shape index (κ2) is 8.11. The molecule has 1 aromatic rings. The molecule has 112 valence electrons. The van der Waals surface area contributed by atoms with Gasteiger partial charge in [-0.25, -0.2) is 4.39 Å². The molecule has 1 aromatic carbocycles. The third-order valence-corrected chi connectivity index (χ3v) is 4.68. The standard InChI is InChI=1S/C16H23BrFNO/c1-2-9-19-14(15-8-3-4-10-20-15)11-12-6-5-7-13(18)16(12)17/h5-7,14-15,19H,2-4,8-11H2,1H3. The highest BCUT2D eigenvalue weighted by atomic mass is 79.9. The van der Waals surface area contributed by atoms with Crippen LogP contribution in [0, 0.1) is 5.82 Å². The van der Waals surface area contributed by atoms with Crippen molar-refractivity contribution in [3.8, 4) is 0 Å². The van der Waals surface area contributed by atoms with Crippen molar-refractivity contribution < 1.29 is 9.13 Å². The van der Waals surface area contributed by atoms with Crippen LogP contribution in [0.1, 0.15) is 38.2 Å². The SMILES string of the molecule is CCCNC(Cc1cccc(F)c1Br)C1CCCCO1. The van der Waals surface area contributed by atoms with E-state index in [9.17, 15) is 4.39 Å². The smallest absolute Gasteiger partial charge is 0.137 e. The van der Waals surface area contributed by atoms with Gasteiger partial charge in [-0.1, -0.05) is 19.1 Å². The lowest BCUT2D eigenvalue weighted by molar-refractivity contribution is -0.00742. The highest BCUT2D eigenvalue weighted by Gasteiger charge is 2.25. The van der Waals surface area contributed by atoms with Crippen LogP contribution < -0.4 is 5.32 Å². The molecule has 1 fully saturated rings. The van der Waals surface area contributed by atoms with Gasteiger partial charge in [0, 0.05) is 12.6 Å². The molecule has 2 rings (SSSR count). The predicted molar refractivity (Wildman–Crippen MR) is 83.5 cm³/mol. The first-order valence-corrected chi connectivity index (χ1v) is 8.29. The van der Waals surface area contributed by atoms with E-state index in [1.54, 1.807) is 6.07 Å². The highest BCUT2D eigenvalue weighted by molar-refractivity contribution is 9.10. The summed E-state index contributed by atoms with van der Waals surface area (Å²) in [6, 6.07) is 5.50. The minimum atomic E-state index is -0.193. The number of rotatable bonds is 6. The van der Waals surface area contributed by atoms with Gasteiger partial charge in [0.2, 0.25) is 0 Å². The van der Waals surface area contributed by atoms with E-state index in [1.807, 2.05) is 6.07 Å². The molecule has 0 saturated carbocycles. The van der Waals surface area contributed by atoms with Gasteiger partial charge in [-0.3, -0.25) is 0 Å². The van der Waals surface area contributed by atoms with Crippen molar-refractivity contribution in [2.45, 2.75) is 51.2 Å². The maximum absolute atomic E-state index is 13.6. The predicted octanol–water partition coefficient (Wildman–Crippen LogP) is 4.07. The summed E-state index contributed by atoms with van der Waals surface area (Å²) in [6.45, 7) is 3.97. The molecule has 2 unspecified atom stereocenters. The minimum absolute atomic E-state index is 0.193. The third-order valence-electron chi connectivity index (χ3n) is 3.79. The van der Waals surface area contributed by atoms with E-state index in [-0.39, 0.29) is 18.0 Å². The van der Waals surface area contributed by atoms with Gasteiger partial charge in [0.1, 0.15) is 5.82 Å². The fourth-order valence-electron chi connectivity index (χ4n) is 2.69. The summed E-state index contributed by atoms with van der Waals surface area (Å²) in [6.07, 6.45) is 5.59. The van der Waals surface area contributed by atoms with Crippen LogP contribution in [0.4, 0.5) is 4.39 Å². The first-order chi connectivity index (χ1) is 9.72. The topological polar surface area (TPSA) is 21.3 Å². The van der Waals surface area contributed by atoms with E-state index in [4.69, 9.17) is 4.74 Å². The average Bonchev–Trinajstić information content (AvgIpc) is 2.48. The zero-order chi connectivity index (χ0) is 14.4. The quantitative estimate of drug-likeness (QED) is 0.840. The summed E-state index contributed by atoms with van der Waals surface area (Å²) >= 11 is 3.36. The van der Waals surface area contributed by atoms with Crippen LogP contribution in [0.5, 0.6) is 0 Å². The first kappa shape index (κ1) is 15.9. The number of ether oxygens (including phenoxy) is 1. The Labute approximate surface area is 129 Å². The molecule has 1 saturated heterocycles. The zero-order valence-corrected chi connectivity index (χ0v) is 13.6. The summed E-state index contributed by atoms with van der Waals surface area (Å²) in [5, 5.41) is 3.57. The van der Waals surface area contributed by atoms with Crippen molar-refractivity contribution in [2.24, 2.45) is 0 Å². The number of halogens is 2. The van der Waals surface area contributed by atoms with Crippen LogP contribution in [0.25, 0.3) is 0 Å². The molecule has 0 spiro atoms. The zero-order valence-electron chi connectivity index (χ0n) is 12.0. The lowest BCUT2D eigenvalue weighted by Crippen LogP contribution is -2.44. The van der Waals surface area contributed by atoms with Crippen LogP contribution in [-0.4, -0.2) is 25.3 Å². The Morgan fingerprint density at radius 1 is 1.45 bits per heavy atom. The summed E-state index contributed by atoms with van der Waals surface area (Å²) in [5.41, 5.74) is 1.01. The van der Waals surface area contributed by atoms with Crippen molar-refractivity contribution in [3.05, 3.63) is 34.1 Å². The molecule has 20 heavy (non-hydrogen) atoms. The fraction of sp³-hybridized carbons (Fsp3) is 0.625. The molecule has 0 aromatic heterocycles. The van der Waals surface area contributed by atoms with Crippen molar-refractivity contribution in [2.75, 3.05) is 13.2 Å². The Kier molecular flexibility index (Phi) is 6.46. The van der Waals surface area contributed by atoms with Gasteiger partial charge in [-0.2, -0.15) is 0 Å². The van der Waals surface area contributed by atoms with Gasteiger partial charge in [-0.05, 0) is 66.2 Å². The number of benzene rings is 1. The minimum Gasteiger partial charge on any atom is -0.377 e. The van der Waals surface area contributed by atoms with Crippen molar-refractivity contribution >= 4 is 15.9 Å². The van der Waals surface area contributed by atoms with E-state index < -0.39 is 0 Å². The molecule has 2 nitrogen and oxygen atoms in total. The Morgan fingerprint density at radius 3 is 3.00 bits per heavy atom. The largest absolute Gasteiger partial charge is 0.377 e. The Hall–Kier alpha value is -0.450. The first-order valence-electron chi connectivity index (χ1n) is 7.50. The van der Waals surface area contributed by atoms with Gasteiger partial charge in [0.05, 0.1) is 10.6 Å². The molecule has 1 heterocycles. The molecular weight excluding hydrogens is 321 g/mol. The average molecular weight is 344 g/mol. The molecule has 1 aliphatic rings. The van der Waals surface area contributed by atoms with Gasteiger partial charge in [-0.15, -0.1) is 0 Å². The number of hydrogen-bond acceptors (Lipinski definition) is 2. The fourth-order valence-corrected chi connectivity index (χ4v) is 3.12. The molecule has 4 heteroatoms. The molecule has 1 aliphatic heterocycles. The molecule has 0 amide bonds. The Bertz CT molecular complexity index is 421.